The summed E-state index contributed by atoms with van der Waals surface area (Å²) in [7, 11) is 1.90. The maximum Gasteiger partial charge on any atom is 0.220 e. The number of rotatable bonds is 3. The van der Waals surface area contributed by atoms with Gasteiger partial charge in [-0.1, -0.05) is 6.92 Å². The van der Waals surface area contributed by atoms with Crippen molar-refractivity contribution in [3.63, 3.8) is 0 Å². The van der Waals surface area contributed by atoms with Gasteiger partial charge in [-0.3, -0.25) is 4.79 Å². The summed E-state index contributed by atoms with van der Waals surface area (Å²) >= 11 is 0. The van der Waals surface area contributed by atoms with Crippen molar-refractivity contribution in [3.05, 3.63) is 18.2 Å². The summed E-state index contributed by atoms with van der Waals surface area (Å²) in [5, 5.41) is 2.75. The van der Waals surface area contributed by atoms with Crippen LogP contribution in [0.25, 0.3) is 0 Å². The summed E-state index contributed by atoms with van der Waals surface area (Å²) in [5.74, 6) is 0.926. The number of aromatic nitrogens is 2. The van der Waals surface area contributed by atoms with E-state index in [0.717, 1.165) is 5.82 Å². The molecule has 0 bridgehead atoms. The summed E-state index contributed by atoms with van der Waals surface area (Å²) in [6.07, 6.45) is 4.09. The molecule has 1 aromatic heterocycles. The fraction of sp³-hybridized carbons (Fsp3) is 0.500. The summed E-state index contributed by atoms with van der Waals surface area (Å²) in [5.41, 5.74) is 0. The van der Waals surface area contributed by atoms with E-state index < -0.39 is 0 Å². The zero-order valence-electron chi connectivity index (χ0n) is 7.37. The Hall–Kier alpha value is -1.32. The normalized spacial score (nSPS) is 9.83. The second-order valence-corrected chi connectivity index (χ2v) is 2.58. The van der Waals surface area contributed by atoms with Crippen molar-refractivity contribution in [2.75, 3.05) is 0 Å². The van der Waals surface area contributed by atoms with Gasteiger partial charge in [-0.2, -0.15) is 0 Å². The van der Waals surface area contributed by atoms with Gasteiger partial charge in [0.1, 0.15) is 5.82 Å². The minimum absolute atomic E-state index is 0.0537. The first kappa shape index (κ1) is 8.77. The van der Waals surface area contributed by atoms with Crippen molar-refractivity contribution >= 4 is 5.91 Å². The van der Waals surface area contributed by atoms with Gasteiger partial charge in [0.05, 0.1) is 6.54 Å². The number of hydrogen-bond donors (Lipinski definition) is 1. The molecule has 0 aliphatic rings. The molecule has 0 aliphatic carbocycles. The third kappa shape index (κ3) is 2.08. The fourth-order valence-corrected chi connectivity index (χ4v) is 0.869. The maximum atomic E-state index is 10.9. The molecule has 1 heterocycles. The average Bonchev–Trinajstić information content (AvgIpc) is 2.47. The van der Waals surface area contributed by atoms with Crippen molar-refractivity contribution in [1.82, 2.24) is 14.9 Å². The molecular weight excluding hydrogens is 154 g/mol. The Bertz CT molecular complexity index is 267. The van der Waals surface area contributed by atoms with Crippen LogP contribution in [-0.2, 0) is 18.4 Å². The van der Waals surface area contributed by atoms with Gasteiger partial charge in [0.2, 0.25) is 5.91 Å². The smallest absolute Gasteiger partial charge is 0.220 e. The number of carbonyl (C=O) groups excluding carboxylic acids is 1. The second-order valence-electron chi connectivity index (χ2n) is 2.58. The maximum absolute atomic E-state index is 10.9. The van der Waals surface area contributed by atoms with Crippen LogP contribution in [-0.4, -0.2) is 15.5 Å². The highest BCUT2D eigenvalue weighted by Crippen LogP contribution is 1.92. The van der Waals surface area contributed by atoms with Crippen molar-refractivity contribution in [3.8, 4) is 0 Å². The Kier molecular flexibility index (Phi) is 2.85. The molecular formula is C8H13N3O. The van der Waals surface area contributed by atoms with Crippen LogP contribution >= 0.6 is 0 Å². The van der Waals surface area contributed by atoms with Crippen LogP contribution in [0, 0.1) is 0 Å². The molecule has 1 aromatic rings. The molecule has 0 aromatic carbocycles. The van der Waals surface area contributed by atoms with E-state index in [-0.39, 0.29) is 5.91 Å². The molecule has 0 radical (unpaired) electrons. The number of amides is 1. The Morgan fingerprint density at radius 3 is 3.00 bits per heavy atom. The molecule has 0 saturated heterocycles. The zero-order chi connectivity index (χ0) is 8.97. The Balaban J connectivity index is 2.43. The molecule has 0 spiro atoms. The SMILES string of the molecule is CCC(=O)NCc1nccn1C. The van der Waals surface area contributed by atoms with Gasteiger partial charge in [-0.05, 0) is 0 Å². The van der Waals surface area contributed by atoms with Crippen LogP contribution in [0.2, 0.25) is 0 Å². The number of hydrogen-bond acceptors (Lipinski definition) is 2. The first-order valence-corrected chi connectivity index (χ1v) is 3.97. The Morgan fingerprint density at radius 1 is 1.75 bits per heavy atom. The molecule has 0 fully saturated rings. The minimum atomic E-state index is 0.0537. The lowest BCUT2D eigenvalue weighted by Gasteiger charge is -2.02. The van der Waals surface area contributed by atoms with E-state index in [1.807, 2.05) is 24.7 Å². The number of nitrogens with zero attached hydrogens (tertiary/aromatic N) is 2. The molecule has 66 valence electrons. The monoisotopic (exact) mass is 167 g/mol. The highest BCUT2D eigenvalue weighted by molar-refractivity contribution is 5.75. The highest BCUT2D eigenvalue weighted by atomic mass is 16.1. The largest absolute Gasteiger partial charge is 0.349 e. The van der Waals surface area contributed by atoms with Crippen molar-refractivity contribution in [2.24, 2.45) is 7.05 Å². The van der Waals surface area contributed by atoms with Gasteiger partial charge >= 0.3 is 0 Å². The first-order valence-electron chi connectivity index (χ1n) is 3.97. The molecule has 1 N–H and O–H groups in total. The van der Waals surface area contributed by atoms with Gasteiger partial charge in [0.25, 0.3) is 0 Å². The van der Waals surface area contributed by atoms with Crippen molar-refractivity contribution in [2.45, 2.75) is 19.9 Å². The quantitative estimate of drug-likeness (QED) is 0.710. The molecule has 0 unspecified atom stereocenters. The number of imidazole rings is 1. The summed E-state index contributed by atoms with van der Waals surface area (Å²) in [6, 6.07) is 0. The van der Waals surface area contributed by atoms with Crippen LogP contribution in [0.3, 0.4) is 0 Å². The van der Waals surface area contributed by atoms with Crippen LogP contribution in [0.15, 0.2) is 12.4 Å². The first-order chi connectivity index (χ1) is 5.74. The van der Waals surface area contributed by atoms with E-state index in [9.17, 15) is 4.79 Å². The fourth-order valence-electron chi connectivity index (χ4n) is 0.869. The van der Waals surface area contributed by atoms with Crippen LogP contribution in [0.5, 0.6) is 0 Å². The van der Waals surface area contributed by atoms with Gasteiger partial charge < -0.3 is 9.88 Å². The molecule has 4 heteroatoms. The number of nitrogens with one attached hydrogen (secondary N) is 1. The van der Waals surface area contributed by atoms with Crippen molar-refractivity contribution < 1.29 is 4.79 Å². The second kappa shape index (κ2) is 3.90. The van der Waals surface area contributed by atoms with Gasteiger partial charge in [0.15, 0.2) is 0 Å². The van der Waals surface area contributed by atoms with E-state index in [1.54, 1.807) is 6.20 Å². The minimum Gasteiger partial charge on any atom is -0.349 e. The van der Waals surface area contributed by atoms with E-state index in [1.165, 1.54) is 0 Å². The Morgan fingerprint density at radius 2 is 2.50 bits per heavy atom. The predicted octanol–water partition coefficient (Wildman–Crippen LogP) is 0.446. The van der Waals surface area contributed by atoms with E-state index in [0.29, 0.717) is 13.0 Å². The van der Waals surface area contributed by atoms with E-state index in [2.05, 4.69) is 10.3 Å². The average molecular weight is 167 g/mol. The molecule has 4 nitrogen and oxygen atoms in total. The zero-order valence-corrected chi connectivity index (χ0v) is 7.37. The topological polar surface area (TPSA) is 46.9 Å². The number of carbonyl (C=O) groups is 1. The highest BCUT2D eigenvalue weighted by Gasteiger charge is 2.00. The third-order valence-corrected chi connectivity index (χ3v) is 1.69. The van der Waals surface area contributed by atoms with Crippen molar-refractivity contribution in [1.29, 1.82) is 0 Å². The molecule has 12 heavy (non-hydrogen) atoms. The lowest BCUT2D eigenvalue weighted by Crippen LogP contribution is -2.23. The molecule has 0 aliphatic heterocycles. The molecule has 0 atom stereocenters. The molecule has 1 amide bonds. The third-order valence-electron chi connectivity index (χ3n) is 1.69. The summed E-state index contributed by atoms with van der Waals surface area (Å²) in [6.45, 7) is 2.34. The molecule has 0 saturated carbocycles. The number of aryl methyl sites for hydroxylation is 1. The van der Waals surface area contributed by atoms with Crippen LogP contribution < -0.4 is 5.32 Å². The van der Waals surface area contributed by atoms with Crippen LogP contribution in [0.1, 0.15) is 19.2 Å². The van der Waals surface area contributed by atoms with E-state index >= 15 is 0 Å². The van der Waals surface area contributed by atoms with E-state index in [4.69, 9.17) is 0 Å². The van der Waals surface area contributed by atoms with Gasteiger partial charge in [-0.15, -0.1) is 0 Å². The molecule has 1 rings (SSSR count). The van der Waals surface area contributed by atoms with Gasteiger partial charge in [-0.25, -0.2) is 4.98 Å². The Labute approximate surface area is 71.6 Å². The standard InChI is InChI=1S/C8H13N3O/c1-3-8(12)10-6-7-9-4-5-11(7)2/h4-5H,3,6H2,1-2H3,(H,10,12). The summed E-state index contributed by atoms with van der Waals surface area (Å²) < 4.78 is 1.88. The lowest BCUT2D eigenvalue weighted by molar-refractivity contribution is -0.120. The van der Waals surface area contributed by atoms with Gasteiger partial charge in [0, 0.05) is 25.9 Å². The lowest BCUT2D eigenvalue weighted by atomic mass is 10.4. The van der Waals surface area contributed by atoms with Crippen LogP contribution in [0.4, 0.5) is 0 Å². The summed E-state index contributed by atoms with van der Waals surface area (Å²) in [4.78, 5) is 14.9. The predicted molar refractivity (Wildman–Crippen MR) is 45.3 cm³/mol.